The second kappa shape index (κ2) is 3.68. The summed E-state index contributed by atoms with van der Waals surface area (Å²) >= 11 is 0. The second-order valence-corrected chi connectivity index (χ2v) is 4.20. The average Bonchev–Trinajstić information content (AvgIpc) is 2.76. The fourth-order valence-corrected chi connectivity index (χ4v) is 1.77. The summed E-state index contributed by atoms with van der Waals surface area (Å²) < 4.78 is 5.31. The number of rotatable bonds is 4. The lowest BCUT2D eigenvalue weighted by molar-refractivity contribution is 0.0658. The van der Waals surface area contributed by atoms with Gasteiger partial charge in [0.15, 0.2) is 5.89 Å². The lowest BCUT2D eigenvalue weighted by atomic mass is 10.2. The van der Waals surface area contributed by atoms with Gasteiger partial charge < -0.3 is 9.52 Å². The van der Waals surface area contributed by atoms with Crippen molar-refractivity contribution in [2.75, 3.05) is 0 Å². The molecule has 4 heteroatoms. The molecule has 1 fully saturated rings. The van der Waals surface area contributed by atoms with Gasteiger partial charge in [-0.1, -0.05) is 20.3 Å². The summed E-state index contributed by atoms with van der Waals surface area (Å²) in [5.41, 5.74) is 0.596. The van der Waals surface area contributed by atoms with Gasteiger partial charge in [0.05, 0.1) is 5.69 Å². The number of oxazole rings is 1. The van der Waals surface area contributed by atoms with Crippen molar-refractivity contribution < 1.29 is 14.3 Å². The molecule has 0 aromatic carbocycles. The Kier molecular flexibility index (Phi) is 2.50. The summed E-state index contributed by atoms with van der Waals surface area (Å²) in [7, 11) is 0. The zero-order valence-corrected chi connectivity index (χ0v) is 8.99. The third kappa shape index (κ3) is 1.89. The summed E-state index contributed by atoms with van der Waals surface area (Å²) in [5.74, 6) is 0.563. The van der Waals surface area contributed by atoms with Crippen LogP contribution in [0.1, 0.15) is 54.7 Å². The molecule has 1 aliphatic rings. The molecule has 0 spiro atoms. The number of aromatic nitrogens is 1. The molecular weight excluding hydrogens is 194 g/mol. The number of aryl methyl sites for hydroxylation is 1. The van der Waals surface area contributed by atoms with E-state index in [1.54, 1.807) is 0 Å². The van der Waals surface area contributed by atoms with Gasteiger partial charge in [0, 0.05) is 5.92 Å². The first kappa shape index (κ1) is 10.2. The predicted octanol–water partition coefficient (Wildman–Crippen LogP) is 2.45. The fraction of sp³-hybridized carbons (Fsp3) is 0.636. The van der Waals surface area contributed by atoms with E-state index in [-0.39, 0.29) is 5.76 Å². The van der Waals surface area contributed by atoms with E-state index in [0.29, 0.717) is 29.8 Å². The highest BCUT2D eigenvalue weighted by atomic mass is 16.4. The first-order chi connectivity index (χ1) is 7.13. The topological polar surface area (TPSA) is 63.3 Å². The molecule has 1 N–H and O–H groups in total. The number of carboxylic acids is 1. The summed E-state index contributed by atoms with van der Waals surface area (Å²) in [6.07, 6.45) is 2.61. The predicted molar refractivity (Wildman–Crippen MR) is 54.0 cm³/mol. The van der Waals surface area contributed by atoms with Crippen molar-refractivity contribution in [1.82, 2.24) is 4.98 Å². The molecule has 0 amide bonds. The van der Waals surface area contributed by atoms with E-state index in [9.17, 15) is 4.79 Å². The Hall–Kier alpha value is -1.32. The Morgan fingerprint density at radius 1 is 1.67 bits per heavy atom. The standard InChI is InChI=1S/C11H15NO3/c1-3-4-8-9(11(13)14)15-10(12-8)7-5-6(7)2/h6-7H,3-5H2,1-2H3,(H,13,14). The van der Waals surface area contributed by atoms with Crippen molar-refractivity contribution >= 4 is 5.97 Å². The molecule has 1 aliphatic carbocycles. The fourth-order valence-electron chi connectivity index (χ4n) is 1.77. The Balaban J connectivity index is 2.27. The Morgan fingerprint density at radius 3 is 2.80 bits per heavy atom. The molecule has 1 heterocycles. The summed E-state index contributed by atoms with van der Waals surface area (Å²) in [5, 5.41) is 8.94. The van der Waals surface area contributed by atoms with Crippen LogP contribution in [0.15, 0.2) is 4.42 Å². The van der Waals surface area contributed by atoms with Gasteiger partial charge in [0.1, 0.15) is 0 Å². The van der Waals surface area contributed by atoms with Crippen LogP contribution in [0.5, 0.6) is 0 Å². The molecule has 0 aliphatic heterocycles. The van der Waals surface area contributed by atoms with Crippen LogP contribution in [0.3, 0.4) is 0 Å². The number of hydrogen-bond donors (Lipinski definition) is 1. The molecular formula is C11H15NO3. The van der Waals surface area contributed by atoms with Gasteiger partial charge in [0.25, 0.3) is 0 Å². The lowest BCUT2D eigenvalue weighted by Crippen LogP contribution is -1.99. The second-order valence-electron chi connectivity index (χ2n) is 4.20. The Labute approximate surface area is 88.3 Å². The molecule has 2 atom stereocenters. The van der Waals surface area contributed by atoms with Crippen molar-refractivity contribution in [3.63, 3.8) is 0 Å². The molecule has 1 aromatic heterocycles. The van der Waals surface area contributed by atoms with Crippen molar-refractivity contribution in [2.24, 2.45) is 5.92 Å². The van der Waals surface area contributed by atoms with Crippen LogP contribution < -0.4 is 0 Å². The Bertz CT molecular complexity index is 383. The van der Waals surface area contributed by atoms with Gasteiger partial charge in [-0.05, 0) is 18.8 Å². The van der Waals surface area contributed by atoms with Gasteiger partial charge in [-0.3, -0.25) is 0 Å². The molecule has 4 nitrogen and oxygen atoms in total. The van der Waals surface area contributed by atoms with Crippen LogP contribution in [0.25, 0.3) is 0 Å². The van der Waals surface area contributed by atoms with E-state index >= 15 is 0 Å². The highest BCUT2D eigenvalue weighted by Gasteiger charge is 2.39. The quantitative estimate of drug-likeness (QED) is 0.827. The number of nitrogens with zero attached hydrogens (tertiary/aromatic N) is 1. The number of hydrogen-bond acceptors (Lipinski definition) is 3. The van der Waals surface area contributed by atoms with Crippen LogP contribution in [-0.4, -0.2) is 16.1 Å². The van der Waals surface area contributed by atoms with E-state index in [0.717, 1.165) is 12.8 Å². The normalized spacial score (nSPS) is 24.1. The number of carbonyl (C=O) groups is 1. The minimum atomic E-state index is -1.01. The van der Waals surface area contributed by atoms with Crippen LogP contribution in [0.4, 0.5) is 0 Å². The van der Waals surface area contributed by atoms with Crippen molar-refractivity contribution in [3.05, 3.63) is 17.3 Å². The molecule has 1 saturated carbocycles. The van der Waals surface area contributed by atoms with Crippen molar-refractivity contribution in [1.29, 1.82) is 0 Å². The van der Waals surface area contributed by atoms with E-state index in [2.05, 4.69) is 11.9 Å². The van der Waals surface area contributed by atoms with Crippen LogP contribution in [0.2, 0.25) is 0 Å². The van der Waals surface area contributed by atoms with E-state index in [1.807, 2.05) is 6.92 Å². The molecule has 0 radical (unpaired) electrons. The molecule has 1 aromatic rings. The number of carboxylic acid groups (broad SMARTS) is 1. The lowest BCUT2D eigenvalue weighted by Gasteiger charge is -1.91. The minimum absolute atomic E-state index is 0.0333. The molecule has 0 bridgehead atoms. The third-order valence-electron chi connectivity index (χ3n) is 2.82. The summed E-state index contributed by atoms with van der Waals surface area (Å²) in [6.45, 7) is 4.12. The van der Waals surface area contributed by atoms with Gasteiger partial charge in [-0.15, -0.1) is 0 Å². The first-order valence-corrected chi connectivity index (χ1v) is 5.36. The summed E-state index contributed by atoms with van der Waals surface area (Å²) in [6, 6.07) is 0. The van der Waals surface area contributed by atoms with E-state index in [4.69, 9.17) is 9.52 Å². The van der Waals surface area contributed by atoms with Gasteiger partial charge in [0.2, 0.25) is 5.76 Å². The zero-order valence-electron chi connectivity index (χ0n) is 8.99. The van der Waals surface area contributed by atoms with Crippen molar-refractivity contribution in [3.8, 4) is 0 Å². The SMILES string of the molecule is CCCc1nc(C2CC2C)oc1C(=O)O. The van der Waals surface area contributed by atoms with Gasteiger partial charge >= 0.3 is 5.97 Å². The maximum atomic E-state index is 10.9. The molecule has 82 valence electrons. The molecule has 15 heavy (non-hydrogen) atoms. The van der Waals surface area contributed by atoms with E-state index in [1.165, 1.54) is 0 Å². The maximum Gasteiger partial charge on any atom is 0.373 e. The molecule has 2 unspecified atom stereocenters. The average molecular weight is 209 g/mol. The van der Waals surface area contributed by atoms with Crippen LogP contribution in [-0.2, 0) is 6.42 Å². The largest absolute Gasteiger partial charge is 0.475 e. The maximum absolute atomic E-state index is 10.9. The van der Waals surface area contributed by atoms with E-state index < -0.39 is 5.97 Å². The third-order valence-corrected chi connectivity index (χ3v) is 2.82. The molecule has 2 rings (SSSR count). The van der Waals surface area contributed by atoms with Gasteiger partial charge in [-0.25, -0.2) is 9.78 Å². The smallest absolute Gasteiger partial charge is 0.373 e. The van der Waals surface area contributed by atoms with Gasteiger partial charge in [-0.2, -0.15) is 0 Å². The monoisotopic (exact) mass is 209 g/mol. The highest BCUT2D eigenvalue weighted by Crippen LogP contribution is 2.46. The van der Waals surface area contributed by atoms with Crippen molar-refractivity contribution in [2.45, 2.75) is 39.0 Å². The molecule has 0 saturated heterocycles. The van der Waals surface area contributed by atoms with Crippen LogP contribution in [0, 0.1) is 5.92 Å². The first-order valence-electron chi connectivity index (χ1n) is 5.36. The number of aromatic carboxylic acids is 1. The van der Waals surface area contributed by atoms with Crippen LogP contribution >= 0.6 is 0 Å². The summed E-state index contributed by atoms with van der Waals surface area (Å²) in [4.78, 5) is 15.2. The Morgan fingerprint density at radius 2 is 2.33 bits per heavy atom. The zero-order chi connectivity index (χ0) is 11.0. The highest BCUT2D eigenvalue weighted by molar-refractivity contribution is 5.85. The minimum Gasteiger partial charge on any atom is -0.475 e.